The van der Waals surface area contributed by atoms with Crippen LogP contribution < -0.4 is 10.1 Å². The molecular formula is C17H19NO2. The largest absolute Gasteiger partial charge is 0.497 e. The number of carbonyl (C=O) groups is 1. The summed E-state index contributed by atoms with van der Waals surface area (Å²) in [5.74, 6) is 0.688. The molecule has 0 radical (unpaired) electrons. The van der Waals surface area contributed by atoms with Crippen LogP contribution in [-0.2, 0) is 0 Å². The maximum Gasteiger partial charge on any atom is 0.255 e. The molecule has 0 aliphatic heterocycles. The zero-order valence-electron chi connectivity index (χ0n) is 12.3. The van der Waals surface area contributed by atoms with E-state index >= 15 is 0 Å². The molecule has 2 aromatic carbocycles. The van der Waals surface area contributed by atoms with Crippen molar-refractivity contribution in [3.63, 3.8) is 0 Å². The number of nitrogens with one attached hydrogen (secondary N) is 1. The summed E-state index contributed by atoms with van der Waals surface area (Å²) in [4.78, 5) is 12.2. The van der Waals surface area contributed by atoms with Crippen molar-refractivity contribution in [2.24, 2.45) is 0 Å². The van der Waals surface area contributed by atoms with Crippen LogP contribution in [0.4, 0.5) is 5.69 Å². The summed E-state index contributed by atoms with van der Waals surface area (Å²) in [6.45, 7) is 5.98. The number of aryl methyl sites for hydroxylation is 3. The molecule has 0 aliphatic carbocycles. The van der Waals surface area contributed by atoms with E-state index in [0.29, 0.717) is 5.56 Å². The lowest BCUT2D eigenvalue weighted by atomic mass is 10.1. The van der Waals surface area contributed by atoms with Gasteiger partial charge in [-0.3, -0.25) is 4.79 Å². The van der Waals surface area contributed by atoms with Gasteiger partial charge < -0.3 is 10.1 Å². The third-order valence-electron chi connectivity index (χ3n) is 3.45. The van der Waals surface area contributed by atoms with Crippen molar-refractivity contribution in [3.8, 4) is 5.75 Å². The van der Waals surface area contributed by atoms with Crippen molar-refractivity contribution >= 4 is 11.6 Å². The zero-order valence-corrected chi connectivity index (χ0v) is 12.3. The lowest BCUT2D eigenvalue weighted by Gasteiger charge is -2.10. The SMILES string of the molecule is COc1ccc(NC(=O)c2ccc(C)c(C)c2)c(C)c1. The van der Waals surface area contributed by atoms with Crippen LogP contribution in [0.2, 0.25) is 0 Å². The average molecular weight is 269 g/mol. The summed E-state index contributed by atoms with van der Waals surface area (Å²) >= 11 is 0. The average Bonchev–Trinajstić information content (AvgIpc) is 2.43. The second-order valence-corrected chi connectivity index (χ2v) is 4.93. The minimum absolute atomic E-state index is 0.0960. The Bertz CT molecular complexity index is 647. The van der Waals surface area contributed by atoms with E-state index in [1.54, 1.807) is 7.11 Å². The number of carbonyl (C=O) groups excluding carboxylic acids is 1. The van der Waals surface area contributed by atoms with Crippen LogP contribution in [0, 0.1) is 20.8 Å². The predicted octanol–water partition coefficient (Wildman–Crippen LogP) is 3.87. The second kappa shape index (κ2) is 5.78. The van der Waals surface area contributed by atoms with Gasteiger partial charge in [0.1, 0.15) is 5.75 Å². The third-order valence-corrected chi connectivity index (χ3v) is 3.45. The van der Waals surface area contributed by atoms with E-state index in [9.17, 15) is 4.79 Å². The van der Waals surface area contributed by atoms with E-state index in [4.69, 9.17) is 4.74 Å². The molecule has 1 amide bonds. The molecule has 0 bridgehead atoms. The molecule has 2 rings (SSSR count). The smallest absolute Gasteiger partial charge is 0.255 e. The summed E-state index contributed by atoms with van der Waals surface area (Å²) < 4.78 is 5.16. The van der Waals surface area contributed by atoms with Crippen molar-refractivity contribution in [1.82, 2.24) is 0 Å². The van der Waals surface area contributed by atoms with Gasteiger partial charge in [0.25, 0.3) is 5.91 Å². The summed E-state index contributed by atoms with van der Waals surface area (Å²) in [7, 11) is 1.63. The Balaban J connectivity index is 2.21. The van der Waals surface area contributed by atoms with E-state index in [2.05, 4.69) is 5.32 Å². The fourth-order valence-electron chi connectivity index (χ4n) is 1.98. The second-order valence-electron chi connectivity index (χ2n) is 4.93. The molecule has 0 spiro atoms. The Morgan fingerprint density at radius 3 is 2.30 bits per heavy atom. The monoisotopic (exact) mass is 269 g/mol. The molecule has 104 valence electrons. The van der Waals surface area contributed by atoms with Gasteiger partial charge in [0, 0.05) is 11.3 Å². The maximum absolute atomic E-state index is 12.2. The molecule has 0 unspecified atom stereocenters. The number of rotatable bonds is 3. The van der Waals surface area contributed by atoms with E-state index in [-0.39, 0.29) is 5.91 Å². The van der Waals surface area contributed by atoms with Gasteiger partial charge in [-0.05, 0) is 67.8 Å². The predicted molar refractivity (Wildman–Crippen MR) is 81.6 cm³/mol. The highest BCUT2D eigenvalue weighted by molar-refractivity contribution is 6.04. The Labute approximate surface area is 119 Å². The molecule has 3 nitrogen and oxygen atoms in total. The first-order valence-corrected chi connectivity index (χ1v) is 6.54. The lowest BCUT2D eigenvalue weighted by molar-refractivity contribution is 0.102. The highest BCUT2D eigenvalue weighted by Crippen LogP contribution is 2.22. The van der Waals surface area contributed by atoms with Crippen molar-refractivity contribution in [2.45, 2.75) is 20.8 Å². The number of hydrogen-bond donors (Lipinski definition) is 1. The van der Waals surface area contributed by atoms with Gasteiger partial charge >= 0.3 is 0 Å². The minimum atomic E-state index is -0.0960. The fourth-order valence-corrected chi connectivity index (χ4v) is 1.98. The van der Waals surface area contributed by atoms with E-state index < -0.39 is 0 Å². The lowest BCUT2D eigenvalue weighted by Crippen LogP contribution is -2.13. The summed E-state index contributed by atoms with van der Waals surface area (Å²) in [6, 6.07) is 11.3. The summed E-state index contributed by atoms with van der Waals surface area (Å²) in [6.07, 6.45) is 0. The Kier molecular flexibility index (Phi) is 4.08. The number of methoxy groups -OCH3 is 1. The number of ether oxygens (including phenoxy) is 1. The van der Waals surface area contributed by atoms with Crippen molar-refractivity contribution < 1.29 is 9.53 Å². The van der Waals surface area contributed by atoms with E-state index in [0.717, 1.165) is 22.6 Å². The van der Waals surface area contributed by atoms with Gasteiger partial charge in [0.05, 0.1) is 7.11 Å². The van der Waals surface area contributed by atoms with Gasteiger partial charge in [-0.1, -0.05) is 6.07 Å². The van der Waals surface area contributed by atoms with Gasteiger partial charge in [-0.25, -0.2) is 0 Å². The number of benzene rings is 2. The molecule has 0 fully saturated rings. The van der Waals surface area contributed by atoms with Crippen molar-refractivity contribution in [3.05, 3.63) is 58.7 Å². The highest BCUT2D eigenvalue weighted by Gasteiger charge is 2.09. The standard InChI is InChI=1S/C17H19NO2/c1-11-5-6-14(9-12(11)2)17(19)18-16-8-7-15(20-4)10-13(16)3/h5-10H,1-4H3,(H,18,19). The molecule has 0 heterocycles. The Morgan fingerprint density at radius 1 is 0.950 bits per heavy atom. The molecule has 0 aromatic heterocycles. The molecular weight excluding hydrogens is 250 g/mol. The van der Waals surface area contributed by atoms with Crippen LogP contribution >= 0.6 is 0 Å². The van der Waals surface area contributed by atoms with Gasteiger partial charge in [0.2, 0.25) is 0 Å². The number of anilines is 1. The van der Waals surface area contributed by atoms with Gasteiger partial charge in [-0.15, -0.1) is 0 Å². The summed E-state index contributed by atoms with van der Waals surface area (Å²) in [5, 5.41) is 2.93. The zero-order chi connectivity index (χ0) is 14.7. The number of amides is 1. The Hall–Kier alpha value is -2.29. The molecule has 2 aromatic rings. The summed E-state index contributed by atoms with van der Waals surface area (Å²) in [5.41, 5.74) is 4.74. The third kappa shape index (κ3) is 2.99. The van der Waals surface area contributed by atoms with Crippen molar-refractivity contribution in [1.29, 1.82) is 0 Å². The first-order valence-electron chi connectivity index (χ1n) is 6.54. The molecule has 0 saturated heterocycles. The Morgan fingerprint density at radius 2 is 1.70 bits per heavy atom. The first kappa shape index (κ1) is 14.1. The van der Waals surface area contributed by atoms with E-state index in [1.165, 1.54) is 5.56 Å². The molecule has 1 N–H and O–H groups in total. The quantitative estimate of drug-likeness (QED) is 0.918. The van der Waals surface area contributed by atoms with Crippen LogP contribution in [0.3, 0.4) is 0 Å². The van der Waals surface area contributed by atoms with Crippen LogP contribution in [0.25, 0.3) is 0 Å². The molecule has 3 heteroatoms. The van der Waals surface area contributed by atoms with Crippen LogP contribution in [0.1, 0.15) is 27.0 Å². The fraction of sp³-hybridized carbons (Fsp3) is 0.235. The molecule has 0 aliphatic rings. The molecule has 0 saturated carbocycles. The number of hydrogen-bond acceptors (Lipinski definition) is 2. The van der Waals surface area contributed by atoms with Crippen LogP contribution in [0.5, 0.6) is 5.75 Å². The first-order chi connectivity index (χ1) is 9.51. The topological polar surface area (TPSA) is 38.3 Å². The van der Waals surface area contributed by atoms with Gasteiger partial charge in [-0.2, -0.15) is 0 Å². The molecule has 0 atom stereocenters. The highest BCUT2D eigenvalue weighted by atomic mass is 16.5. The molecule has 20 heavy (non-hydrogen) atoms. The minimum Gasteiger partial charge on any atom is -0.497 e. The van der Waals surface area contributed by atoms with Crippen molar-refractivity contribution in [2.75, 3.05) is 12.4 Å². The van der Waals surface area contributed by atoms with E-state index in [1.807, 2.05) is 57.2 Å². The van der Waals surface area contributed by atoms with Crippen LogP contribution in [-0.4, -0.2) is 13.0 Å². The van der Waals surface area contributed by atoms with Gasteiger partial charge in [0.15, 0.2) is 0 Å². The van der Waals surface area contributed by atoms with Crippen LogP contribution in [0.15, 0.2) is 36.4 Å². The normalized spacial score (nSPS) is 10.2. The maximum atomic E-state index is 12.2.